The van der Waals surface area contributed by atoms with Crippen molar-refractivity contribution in [2.24, 2.45) is 0 Å². The van der Waals surface area contributed by atoms with Gasteiger partial charge in [-0.25, -0.2) is 0 Å². The smallest absolute Gasteiger partial charge is 0.0668 e. The molecule has 0 atom stereocenters. The van der Waals surface area contributed by atoms with Gasteiger partial charge in [0.05, 0.1) is 25.9 Å². The van der Waals surface area contributed by atoms with Gasteiger partial charge in [0.1, 0.15) is 0 Å². The summed E-state index contributed by atoms with van der Waals surface area (Å²) in [4.78, 5) is 5.16. The van der Waals surface area contributed by atoms with Crippen LogP contribution >= 0.6 is 0 Å². The second-order valence-corrected chi connectivity index (χ2v) is 3.15. The molecule has 0 unspecified atom stereocenters. The molecule has 0 aromatic carbocycles. The first-order valence-corrected chi connectivity index (χ1v) is 3.56. The normalized spacial score (nSPS) is 26.7. The highest BCUT2D eigenvalue weighted by atomic mass is 16.7. The zero-order valence-corrected chi connectivity index (χ0v) is 6.89. The first-order chi connectivity index (χ1) is 4.67. The summed E-state index contributed by atoms with van der Waals surface area (Å²) in [6.07, 6.45) is 0. The zero-order valence-electron chi connectivity index (χ0n) is 6.89. The molecule has 1 saturated heterocycles. The van der Waals surface area contributed by atoms with Gasteiger partial charge in [-0.3, -0.25) is 0 Å². The maximum atomic E-state index is 5.30. The summed E-state index contributed by atoms with van der Waals surface area (Å²) in [7, 11) is 1.70. The molecule has 0 aromatic heterocycles. The summed E-state index contributed by atoms with van der Waals surface area (Å²) < 4.78 is 5.30. The van der Waals surface area contributed by atoms with Gasteiger partial charge < -0.3 is 9.57 Å². The summed E-state index contributed by atoms with van der Waals surface area (Å²) in [5.41, 5.74) is 0.0347. The van der Waals surface area contributed by atoms with Crippen LogP contribution in [-0.2, 0) is 9.57 Å². The molecular weight excluding hydrogens is 130 g/mol. The minimum Gasteiger partial charge on any atom is -0.378 e. The van der Waals surface area contributed by atoms with E-state index in [0.29, 0.717) is 0 Å². The lowest BCUT2D eigenvalue weighted by atomic mass is 10.1. The summed E-state index contributed by atoms with van der Waals surface area (Å²) in [6.45, 7) is 6.60. The van der Waals surface area contributed by atoms with Crippen LogP contribution in [-0.4, -0.2) is 37.5 Å². The van der Waals surface area contributed by atoms with Crippen LogP contribution in [0.2, 0.25) is 0 Å². The molecule has 0 N–H and O–H groups in total. The summed E-state index contributed by atoms with van der Waals surface area (Å²) in [6, 6.07) is 0. The van der Waals surface area contributed by atoms with Gasteiger partial charge in [0.2, 0.25) is 0 Å². The van der Waals surface area contributed by atoms with Crippen LogP contribution < -0.4 is 0 Å². The Bertz CT molecular complexity index is 114. The van der Waals surface area contributed by atoms with Crippen molar-refractivity contribution < 1.29 is 9.57 Å². The quantitative estimate of drug-likeness (QED) is 0.541. The molecule has 1 heterocycles. The van der Waals surface area contributed by atoms with E-state index in [1.807, 2.05) is 5.06 Å². The third-order valence-electron chi connectivity index (χ3n) is 1.79. The Morgan fingerprint density at radius 2 is 2.20 bits per heavy atom. The number of hydroxylamine groups is 2. The highest BCUT2D eigenvalue weighted by molar-refractivity contribution is 4.78. The summed E-state index contributed by atoms with van der Waals surface area (Å²) in [5, 5.41) is 1.95. The monoisotopic (exact) mass is 145 g/mol. The maximum Gasteiger partial charge on any atom is 0.0668 e. The third kappa shape index (κ3) is 1.48. The van der Waals surface area contributed by atoms with Gasteiger partial charge in [0.15, 0.2) is 0 Å². The van der Waals surface area contributed by atoms with E-state index in [4.69, 9.17) is 9.57 Å². The standard InChI is InChI=1S/C7H15NO2/c1-7(2)6-10-5-4-8(7)9-3/h4-6H2,1-3H3. The van der Waals surface area contributed by atoms with Crippen molar-refractivity contribution in [2.75, 3.05) is 26.9 Å². The van der Waals surface area contributed by atoms with Gasteiger partial charge in [0.25, 0.3) is 0 Å². The van der Waals surface area contributed by atoms with Crippen molar-refractivity contribution in [3.63, 3.8) is 0 Å². The Morgan fingerprint density at radius 1 is 1.50 bits per heavy atom. The van der Waals surface area contributed by atoms with E-state index in [9.17, 15) is 0 Å². The average Bonchev–Trinajstić information content (AvgIpc) is 1.87. The van der Waals surface area contributed by atoms with Gasteiger partial charge in [-0.2, -0.15) is 5.06 Å². The average molecular weight is 145 g/mol. The molecule has 0 saturated carbocycles. The van der Waals surface area contributed by atoms with Crippen LogP contribution in [0.15, 0.2) is 0 Å². The molecular formula is C7H15NO2. The van der Waals surface area contributed by atoms with Crippen molar-refractivity contribution >= 4 is 0 Å². The number of hydrogen-bond donors (Lipinski definition) is 0. The molecule has 1 rings (SSSR count). The van der Waals surface area contributed by atoms with Gasteiger partial charge in [-0.1, -0.05) is 0 Å². The fraction of sp³-hybridized carbons (Fsp3) is 1.00. The van der Waals surface area contributed by atoms with E-state index in [0.717, 1.165) is 19.8 Å². The van der Waals surface area contributed by atoms with Crippen LogP contribution in [0.5, 0.6) is 0 Å². The van der Waals surface area contributed by atoms with Crippen molar-refractivity contribution in [1.82, 2.24) is 5.06 Å². The van der Waals surface area contributed by atoms with Crippen LogP contribution in [0.4, 0.5) is 0 Å². The molecule has 3 nitrogen and oxygen atoms in total. The van der Waals surface area contributed by atoms with E-state index in [1.54, 1.807) is 7.11 Å². The molecule has 0 aromatic rings. The van der Waals surface area contributed by atoms with Gasteiger partial charge in [-0.05, 0) is 13.8 Å². The molecule has 1 fully saturated rings. The Hall–Kier alpha value is -0.120. The minimum absolute atomic E-state index is 0.0347. The molecule has 0 amide bonds. The second-order valence-electron chi connectivity index (χ2n) is 3.15. The lowest BCUT2D eigenvalue weighted by molar-refractivity contribution is -0.237. The van der Waals surface area contributed by atoms with Crippen molar-refractivity contribution in [1.29, 1.82) is 0 Å². The molecule has 0 aliphatic carbocycles. The van der Waals surface area contributed by atoms with Crippen LogP contribution in [0.3, 0.4) is 0 Å². The van der Waals surface area contributed by atoms with Gasteiger partial charge in [0, 0.05) is 6.54 Å². The van der Waals surface area contributed by atoms with E-state index >= 15 is 0 Å². The molecule has 3 heteroatoms. The molecule has 60 valence electrons. The number of rotatable bonds is 1. The van der Waals surface area contributed by atoms with Crippen LogP contribution in [0, 0.1) is 0 Å². The Kier molecular flexibility index (Phi) is 2.28. The van der Waals surface area contributed by atoms with Crippen molar-refractivity contribution in [3.05, 3.63) is 0 Å². The van der Waals surface area contributed by atoms with E-state index < -0.39 is 0 Å². The summed E-state index contributed by atoms with van der Waals surface area (Å²) in [5.74, 6) is 0. The van der Waals surface area contributed by atoms with E-state index in [2.05, 4.69) is 13.8 Å². The predicted molar refractivity (Wildman–Crippen MR) is 38.6 cm³/mol. The van der Waals surface area contributed by atoms with E-state index in [1.165, 1.54) is 0 Å². The fourth-order valence-corrected chi connectivity index (χ4v) is 1.18. The lowest BCUT2D eigenvalue weighted by Gasteiger charge is -2.39. The topological polar surface area (TPSA) is 21.7 Å². The molecule has 0 radical (unpaired) electrons. The molecule has 1 aliphatic heterocycles. The fourth-order valence-electron chi connectivity index (χ4n) is 1.18. The Morgan fingerprint density at radius 3 is 2.60 bits per heavy atom. The zero-order chi connectivity index (χ0) is 7.61. The van der Waals surface area contributed by atoms with Crippen LogP contribution in [0.1, 0.15) is 13.8 Å². The second kappa shape index (κ2) is 2.86. The van der Waals surface area contributed by atoms with Crippen molar-refractivity contribution in [2.45, 2.75) is 19.4 Å². The molecule has 10 heavy (non-hydrogen) atoms. The first-order valence-electron chi connectivity index (χ1n) is 3.56. The largest absolute Gasteiger partial charge is 0.378 e. The highest BCUT2D eigenvalue weighted by Crippen LogP contribution is 2.17. The Balaban J connectivity index is 2.51. The number of hydrogen-bond acceptors (Lipinski definition) is 3. The minimum atomic E-state index is 0.0347. The highest BCUT2D eigenvalue weighted by Gasteiger charge is 2.30. The number of nitrogens with zero attached hydrogens (tertiary/aromatic N) is 1. The SMILES string of the molecule is CON1CCOCC1(C)C. The lowest BCUT2D eigenvalue weighted by Crippen LogP contribution is -2.52. The number of ether oxygens (including phenoxy) is 1. The first kappa shape index (κ1) is 7.98. The molecule has 0 bridgehead atoms. The summed E-state index contributed by atoms with van der Waals surface area (Å²) >= 11 is 0. The van der Waals surface area contributed by atoms with E-state index in [-0.39, 0.29) is 5.54 Å². The van der Waals surface area contributed by atoms with Gasteiger partial charge >= 0.3 is 0 Å². The Labute approximate surface area is 61.9 Å². The van der Waals surface area contributed by atoms with Crippen molar-refractivity contribution in [3.8, 4) is 0 Å². The predicted octanol–water partition coefficient (Wildman–Crippen LogP) is 0.659. The molecule has 1 aliphatic rings. The molecule has 0 spiro atoms. The maximum absolute atomic E-state index is 5.30. The number of morpholine rings is 1. The third-order valence-corrected chi connectivity index (χ3v) is 1.79. The van der Waals surface area contributed by atoms with Crippen LogP contribution in [0.25, 0.3) is 0 Å². The van der Waals surface area contributed by atoms with Gasteiger partial charge in [-0.15, -0.1) is 0 Å².